The molecule has 0 unspecified atom stereocenters. The number of ether oxygens (including phenoxy) is 2. The number of amides is 2. The van der Waals surface area contributed by atoms with Gasteiger partial charge in [-0.05, 0) is 50.2 Å². The number of carbonyl (C=O) groups is 2. The Hall–Kier alpha value is -3.02. The third kappa shape index (κ3) is 7.01. The summed E-state index contributed by atoms with van der Waals surface area (Å²) in [7, 11) is 0. The Kier molecular flexibility index (Phi) is 7.67. The van der Waals surface area contributed by atoms with Crippen LogP contribution in [0.4, 0.5) is 5.69 Å². The molecule has 2 aromatic rings. The minimum Gasteiger partial charge on any atom is -0.491 e. The fraction of sp³-hybridized carbons (Fsp3) is 0.333. The van der Waals surface area contributed by atoms with Gasteiger partial charge in [-0.15, -0.1) is 0 Å². The van der Waals surface area contributed by atoms with Gasteiger partial charge in [-0.25, -0.2) is 0 Å². The second-order valence-electron chi connectivity index (χ2n) is 6.28. The summed E-state index contributed by atoms with van der Waals surface area (Å²) < 4.78 is 11.0. The summed E-state index contributed by atoms with van der Waals surface area (Å²) in [6.07, 6.45) is 0.0908. The second-order valence-corrected chi connectivity index (χ2v) is 6.28. The third-order valence-electron chi connectivity index (χ3n) is 3.67. The Morgan fingerprint density at radius 3 is 2.26 bits per heavy atom. The number of benzene rings is 2. The summed E-state index contributed by atoms with van der Waals surface area (Å²) in [4.78, 5) is 25.5. The molecule has 0 spiro atoms. The molecular weight excluding hydrogens is 344 g/mol. The molecule has 144 valence electrons. The molecule has 6 nitrogen and oxygen atoms in total. The Bertz CT molecular complexity index is 730. The van der Waals surface area contributed by atoms with Gasteiger partial charge >= 0.3 is 0 Å². The largest absolute Gasteiger partial charge is 0.491 e. The van der Waals surface area contributed by atoms with Crippen LogP contribution in [0.5, 0.6) is 11.5 Å². The number of nitrogens with one attached hydrogen (secondary N) is 1. The van der Waals surface area contributed by atoms with Crippen molar-refractivity contribution in [2.75, 3.05) is 24.6 Å². The van der Waals surface area contributed by atoms with Gasteiger partial charge in [-0.3, -0.25) is 9.59 Å². The van der Waals surface area contributed by atoms with Crippen molar-refractivity contribution in [3.05, 3.63) is 54.6 Å². The van der Waals surface area contributed by atoms with E-state index >= 15 is 0 Å². The van der Waals surface area contributed by atoms with Crippen molar-refractivity contribution in [3.63, 3.8) is 0 Å². The van der Waals surface area contributed by atoms with E-state index in [-0.39, 0.29) is 24.5 Å². The quantitative estimate of drug-likeness (QED) is 0.737. The van der Waals surface area contributed by atoms with Crippen LogP contribution in [0.15, 0.2) is 54.6 Å². The van der Waals surface area contributed by atoms with Crippen molar-refractivity contribution in [3.8, 4) is 11.5 Å². The molecule has 0 aromatic heterocycles. The fourth-order valence-corrected chi connectivity index (χ4v) is 2.47. The van der Waals surface area contributed by atoms with E-state index in [4.69, 9.17) is 9.47 Å². The third-order valence-corrected chi connectivity index (χ3v) is 3.67. The average molecular weight is 370 g/mol. The Morgan fingerprint density at radius 1 is 1.00 bits per heavy atom. The lowest BCUT2D eigenvalue weighted by Crippen LogP contribution is -2.39. The van der Waals surface area contributed by atoms with E-state index in [9.17, 15) is 9.59 Å². The van der Waals surface area contributed by atoms with E-state index in [2.05, 4.69) is 5.32 Å². The number of hydrogen-bond donors (Lipinski definition) is 1. The molecule has 0 aliphatic heterocycles. The summed E-state index contributed by atoms with van der Waals surface area (Å²) >= 11 is 0. The van der Waals surface area contributed by atoms with Gasteiger partial charge in [0, 0.05) is 25.7 Å². The normalized spacial score (nSPS) is 10.4. The molecule has 1 N–H and O–H groups in total. The molecule has 2 aromatic carbocycles. The van der Waals surface area contributed by atoms with Gasteiger partial charge < -0.3 is 19.7 Å². The van der Waals surface area contributed by atoms with Crippen LogP contribution in [0, 0.1) is 0 Å². The van der Waals surface area contributed by atoms with Crippen LogP contribution in [-0.4, -0.2) is 37.6 Å². The highest BCUT2D eigenvalue weighted by molar-refractivity contribution is 5.91. The molecule has 0 atom stereocenters. The summed E-state index contributed by atoms with van der Waals surface area (Å²) in [6, 6.07) is 16.5. The van der Waals surface area contributed by atoms with E-state index in [0.717, 1.165) is 11.4 Å². The fourth-order valence-electron chi connectivity index (χ4n) is 2.47. The molecule has 0 fully saturated rings. The predicted molar refractivity (Wildman–Crippen MR) is 105 cm³/mol. The molecule has 0 heterocycles. The van der Waals surface area contributed by atoms with E-state index in [1.54, 1.807) is 17.0 Å². The van der Waals surface area contributed by atoms with Crippen LogP contribution >= 0.6 is 0 Å². The monoisotopic (exact) mass is 370 g/mol. The van der Waals surface area contributed by atoms with Crippen molar-refractivity contribution in [1.82, 2.24) is 5.32 Å². The van der Waals surface area contributed by atoms with Crippen LogP contribution in [0.3, 0.4) is 0 Å². The standard InChI is InChI=1S/C21H26N2O4/c1-16(2)27-20-11-9-18(10-12-20)23(17(3)24)14-13-22-21(25)15-26-19-7-5-4-6-8-19/h4-12,16H,13-15H2,1-3H3,(H,22,25). The van der Waals surface area contributed by atoms with Crippen molar-refractivity contribution in [2.45, 2.75) is 26.9 Å². The first-order valence-electron chi connectivity index (χ1n) is 8.95. The number of para-hydroxylation sites is 1. The van der Waals surface area contributed by atoms with Crippen molar-refractivity contribution < 1.29 is 19.1 Å². The number of hydrogen-bond acceptors (Lipinski definition) is 4. The summed E-state index contributed by atoms with van der Waals surface area (Å²) in [6.45, 7) is 6.06. The van der Waals surface area contributed by atoms with Crippen molar-refractivity contribution >= 4 is 17.5 Å². The lowest BCUT2D eigenvalue weighted by molar-refractivity contribution is -0.123. The van der Waals surface area contributed by atoms with Gasteiger partial charge in [0.1, 0.15) is 11.5 Å². The molecule has 2 amide bonds. The molecule has 27 heavy (non-hydrogen) atoms. The molecule has 0 saturated carbocycles. The smallest absolute Gasteiger partial charge is 0.258 e. The maximum absolute atomic E-state index is 12.0. The maximum Gasteiger partial charge on any atom is 0.258 e. The van der Waals surface area contributed by atoms with Crippen molar-refractivity contribution in [2.24, 2.45) is 0 Å². The highest BCUT2D eigenvalue weighted by atomic mass is 16.5. The van der Waals surface area contributed by atoms with E-state index in [1.807, 2.05) is 56.3 Å². The number of nitrogens with zero attached hydrogens (tertiary/aromatic N) is 1. The highest BCUT2D eigenvalue weighted by Gasteiger charge is 2.12. The van der Waals surface area contributed by atoms with Crippen LogP contribution < -0.4 is 19.7 Å². The van der Waals surface area contributed by atoms with Crippen LogP contribution in [0.2, 0.25) is 0 Å². The Labute approximate surface area is 160 Å². The number of rotatable bonds is 9. The second kappa shape index (κ2) is 10.2. The summed E-state index contributed by atoms with van der Waals surface area (Å²) in [5, 5.41) is 2.76. The van der Waals surface area contributed by atoms with Gasteiger partial charge in [-0.2, -0.15) is 0 Å². The molecule has 0 bridgehead atoms. The topological polar surface area (TPSA) is 67.9 Å². The number of carbonyl (C=O) groups excluding carboxylic acids is 2. The molecule has 0 aliphatic rings. The van der Waals surface area contributed by atoms with Gasteiger partial charge in [0.05, 0.1) is 6.10 Å². The highest BCUT2D eigenvalue weighted by Crippen LogP contribution is 2.20. The lowest BCUT2D eigenvalue weighted by Gasteiger charge is -2.22. The van der Waals surface area contributed by atoms with Crippen LogP contribution in [0.1, 0.15) is 20.8 Å². The summed E-state index contributed by atoms with van der Waals surface area (Å²) in [5.41, 5.74) is 0.758. The van der Waals surface area contributed by atoms with Crippen LogP contribution in [-0.2, 0) is 9.59 Å². The van der Waals surface area contributed by atoms with Gasteiger partial charge in [-0.1, -0.05) is 18.2 Å². The molecule has 6 heteroatoms. The van der Waals surface area contributed by atoms with E-state index in [1.165, 1.54) is 6.92 Å². The number of anilines is 1. The molecular formula is C21H26N2O4. The van der Waals surface area contributed by atoms with Gasteiger partial charge in [0.2, 0.25) is 5.91 Å². The molecule has 0 radical (unpaired) electrons. The average Bonchev–Trinajstić information content (AvgIpc) is 2.64. The summed E-state index contributed by atoms with van der Waals surface area (Å²) in [5.74, 6) is 1.07. The minimum absolute atomic E-state index is 0.0642. The first kappa shape index (κ1) is 20.3. The van der Waals surface area contributed by atoms with Crippen LogP contribution in [0.25, 0.3) is 0 Å². The molecule has 0 saturated heterocycles. The molecule has 0 aliphatic carbocycles. The lowest BCUT2D eigenvalue weighted by atomic mass is 10.2. The van der Waals surface area contributed by atoms with Gasteiger partial charge in [0.15, 0.2) is 6.61 Å². The first-order chi connectivity index (χ1) is 13.0. The van der Waals surface area contributed by atoms with E-state index in [0.29, 0.717) is 18.8 Å². The Balaban J connectivity index is 1.82. The predicted octanol–water partition coefficient (Wildman–Crippen LogP) is 3.02. The van der Waals surface area contributed by atoms with Crippen molar-refractivity contribution in [1.29, 1.82) is 0 Å². The SMILES string of the molecule is CC(=O)N(CCNC(=O)COc1ccccc1)c1ccc(OC(C)C)cc1. The minimum atomic E-state index is -0.233. The van der Waals surface area contributed by atoms with E-state index < -0.39 is 0 Å². The van der Waals surface area contributed by atoms with Gasteiger partial charge in [0.25, 0.3) is 5.91 Å². The maximum atomic E-state index is 12.0. The first-order valence-corrected chi connectivity index (χ1v) is 8.95. The Morgan fingerprint density at radius 2 is 1.67 bits per heavy atom. The molecule has 2 rings (SSSR count). The zero-order valence-electron chi connectivity index (χ0n) is 16.0. The zero-order chi connectivity index (χ0) is 19.6. The zero-order valence-corrected chi connectivity index (χ0v) is 16.0.